The molecule has 5 heteroatoms. The van der Waals surface area contributed by atoms with Crippen molar-refractivity contribution in [2.24, 2.45) is 5.92 Å². The summed E-state index contributed by atoms with van der Waals surface area (Å²) < 4.78 is 5.75. The number of nitrogens with zero attached hydrogens (tertiary/aromatic N) is 1. The van der Waals surface area contributed by atoms with Crippen LogP contribution >= 0.6 is 0 Å². The van der Waals surface area contributed by atoms with Gasteiger partial charge in [0.25, 0.3) is 0 Å². The lowest BCUT2D eigenvalue weighted by atomic mass is 9.88. The van der Waals surface area contributed by atoms with E-state index < -0.39 is 0 Å². The van der Waals surface area contributed by atoms with Crippen LogP contribution in [0.15, 0.2) is 18.2 Å². The lowest BCUT2D eigenvalue weighted by Crippen LogP contribution is -2.30. The average Bonchev–Trinajstić information content (AvgIpc) is 3.16. The first-order valence-corrected chi connectivity index (χ1v) is 7.95. The molecule has 3 rings (SSSR count). The topological polar surface area (TPSA) is 74.2 Å². The van der Waals surface area contributed by atoms with Gasteiger partial charge in [-0.1, -0.05) is 6.92 Å². The summed E-state index contributed by atoms with van der Waals surface area (Å²) in [5.41, 5.74) is 2.08. The molecule has 2 saturated heterocycles. The van der Waals surface area contributed by atoms with Gasteiger partial charge in [0.1, 0.15) is 0 Å². The number of rotatable bonds is 5. The zero-order chi connectivity index (χ0) is 15.5. The first-order valence-electron chi connectivity index (χ1n) is 7.95. The molecule has 3 atom stereocenters. The zero-order valence-corrected chi connectivity index (χ0v) is 12.8. The van der Waals surface area contributed by atoms with Crippen LogP contribution in [0.1, 0.15) is 38.2 Å². The molecule has 2 N–H and O–H groups in total. The standard InChI is InChI=1S/C17H21N3O2/c1-2-7-19-14-5-3-11(10-18)8-15(14)20-17(21)13-9-12-4-6-16(13)22-12/h3,5,8,12-13,16,19H,2,4,6-7,9H2,1H3,(H,20,21)/t12-,13+,16-/m1/s1. The van der Waals surface area contributed by atoms with E-state index in [1.807, 2.05) is 6.07 Å². The molecule has 116 valence electrons. The molecule has 2 aliphatic heterocycles. The molecule has 5 nitrogen and oxygen atoms in total. The summed E-state index contributed by atoms with van der Waals surface area (Å²) in [6, 6.07) is 7.45. The number of ether oxygens (including phenoxy) is 1. The highest BCUT2D eigenvalue weighted by Gasteiger charge is 2.44. The molecule has 2 bridgehead atoms. The van der Waals surface area contributed by atoms with Gasteiger partial charge in [-0.25, -0.2) is 0 Å². The Balaban J connectivity index is 1.75. The lowest BCUT2D eigenvalue weighted by Gasteiger charge is -2.19. The Morgan fingerprint density at radius 2 is 2.27 bits per heavy atom. The highest BCUT2D eigenvalue weighted by atomic mass is 16.5. The minimum absolute atomic E-state index is 0.00170. The number of hydrogen-bond acceptors (Lipinski definition) is 4. The van der Waals surface area contributed by atoms with E-state index in [1.54, 1.807) is 12.1 Å². The fourth-order valence-corrected chi connectivity index (χ4v) is 3.27. The van der Waals surface area contributed by atoms with Crippen LogP contribution in [0.5, 0.6) is 0 Å². The molecular weight excluding hydrogens is 278 g/mol. The number of carbonyl (C=O) groups is 1. The Labute approximate surface area is 130 Å². The van der Waals surface area contributed by atoms with Crippen LogP contribution in [0.2, 0.25) is 0 Å². The second-order valence-electron chi connectivity index (χ2n) is 6.00. The molecule has 22 heavy (non-hydrogen) atoms. The summed E-state index contributed by atoms with van der Waals surface area (Å²) in [7, 11) is 0. The third-order valence-corrected chi connectivity index (χ3v) is 4.41. The number of benzene rings is 1. The van der Waals surface area contributed by atoms with Crippen LogP contribution in [0.25, 0.3) is 0 Å². The van der Waals surface area contributed by atoms with Crippen molar-refractivity contribution in [1.29, 1.82) is 5.26 Å². The molecule has 2 fully saturated rings. The van der Waals surface area contributed by atoms with Gasteiger partial charge in [0.2, 0.25) is 5.91 Å². The van der Waals surface area contributed by atoms with E-state index in [0.717, 1.165) is 37.9 Å². The SMILES string of the molecule is CCCNc1ccc(C#N)cc1NC(=O)[C@H]1C[C@H]2CC[C@H]1O2. The first kappa shape index (κ1) is 14.9. The Kier molecular flexibility index (Phi) is 4.30. The molecule has 0 radical (unpaired) electrons. The third kappa shape index (κ3) is 2.93. The third-order valence-electron chi connectivity index (χ3n) is 4.41. The second kappa shape index (κ2) is 6.37. The molecule has 0 aliphatic carbocycles. The van der Waals surface area contributed by atoms with Crippen LogP contribution < -0.4 is 10.6 Å². The van der Waals surface area contributed by atoms with E-state index >= 15 is 0 Å². The van der Waals surface area contributed by atoms with Gasteiger partial charge in [0.15, 0.2) is 0 Å². The van der Waals surface area contributed by atoms with Gasteiger partial charge >= 0.3 is 0 Å². The van der Waals surface area contributed by atoms with Crippen molar-refractivity contribution in [3.8, 4) is 6.07 Å². The van der Waals surface area contributed by atoms with Gasteiger partial charge in [-0.05, 0) is 43.9 Å². The molecule has 0 unspecified atom stereocenters. The van der Waals surface area contributed by atoms with E-state index in [4.69, 9.17) is 10.00 Å². The number of carbonyl (C=O) groups excluding carboxylic acids is 1. The molecule has 0 spiro atoms. The van der Waals surface area contributed by atoms with Crippen molar-refractivity contribution in [3.05, 3.63) is 23.8 Å². The Bertz CT molecular complexity index is 608. The van der Waals surface area contributed by atoms with Crippen molar-refractivity contribution in [3.63, 3.8) is 0 Å². The van der Waals surface area contributed by atoms with E-state index in [0.29, 0.717) is 11.3 Å². The summed E-state index contributed by atoms with van der Waals surface area (Å²) in [6.07, 6.45) is 4.17. The Morgan fingerprint density at radius 3 is 2.91 bits per heavy atom. The van der Waals surface area contributed by atoms with E-state index in [-0.39, 0.29) is 24.0 Å². The van der Waals surface area contributed by atoms with Crippen molar-refractivity contribution < 1.29 is 9.53 Å². The van der Waals surface area contributed by atoms with Crippen molar-refractivity contribution >= 4 is 17.3 Å². The highest BCUT2D eigenvalue weighted by molar-refractivity contribution is 5.96. The monoisotopic (exact) mass is 299 g/mol. The van der Waals surface area contributed by atoms with Gasteiger partial charge in [-0.15, -0.1) is 0 Å². The predicted molar refractivity (Wildman–Crippen MR) is 84.6 cm³/mol. The molecule has 1 amide bonds. The van der Waals surface area contributed by atoms with Gasteiger partial charge in [0.05, 0.1) is 41.1 Å². The Morgan fingerprint density at radius 1 is 1.41 bits per heavy atom. The predicted octanol–water partition coefficient (Wildman–Crippen LogP) is 2.89. The summed E-state index contributed by atoms with van der Waals surface area (Å²) in [6.45, 7) is 2.91. The number of amides is 1. The lowest BCUT2D eigenvalue weighted by molar-refractivity contribution is -0.121. The molecular formula is C17H21N3O2. The highest BCUT2D eigenvalue weighted by Crippen LogP contribution is 2.39. The maximum atomic E-state index is 12.5. The van der Waals surface area contributed by atoms with Crippen LogP contribution in [0.3, 0.4) is 0 Å². The maximum Gasteiger partial charge on any atom is 0.230 e. The minimum atomic E-state index is -0.0662. The van der Waals surface area contributed by atoms with Gasteiger partial charge in [-0.3, -0.25) is 4.79 Å². The fraction of sp³-hybridized carbons (Fsp3) is 0.529. The molecule has 0 aromatic heterocycles. The zero-order valence-electron chi connectivity index (χ0n) is 12.8. The van der Waals surface area contributed by atoms with Crippen LogP contribution in [0.4, 0.5) is 11.4 Å². The van der Waals surface area contributed by atoms with Crippen molar-refractivity contribution in [2.75, 3.05) is 17.2 Å². The average molecular weight is 299 g/mol. The quantitative estimate of drug-likeness (QED) is 0.876. The van der Waals surface area contributed by atoms with E-state index in [9.17, 15) is 4.79 Å². The van der Waals surface area contributed by atoms with E-state index in [1.165, 1.54) is 0 Å². The van der Waals surface area contributed by atoms with E-state index in [2.05, 4.69) is 23.6 Å². The largest absolute Gasteiger partial charge is 0.383 e. The smallest absolute Gasteiger partial charge is 0.230 e. The molecule has 0 saturated carbocycles. The van der Waals surface area contributed by atoms with Crippen LogP contribution in [0, 0.1) is 17.2 Å². The van der Waals surface area contributed by atoms with Gasteiger partial charge in [-0.2, -0.15) is 5.26 Å². The van der Waals surface area contributed by atoms with Gasteiger partial charge < -0.3 is 15.4 Å². The minimum Gasteiger partial charge on any atom is -0.383 e. The number of anilines is 2. The maximum absolute atomic E-state index is 12.5. The molecule has 1 aromatic carbocycles. The second-order valence-corrected chi connectivity index (χ2v) is 6.00. The first-order chi connectivity index (χ1) is 10.7. The summed E-state index contributed by atoms with van der Waals surface area (Å²) in [4.78, 5) is 12.5. The number of nitriles is 1. The fourth-order valence-electron chi connectivity index (χ4n) is 3.27. The van der Waals surface area contributed by atoms with Gasteiger partial charge in [0, 0.05) is 6.54 Å². The number of hydrogen-bond donors (Lipinski definition) is 2. The van der Waals surface area contributed by atoms with Crippen LogP contribution in [-0.2, 0) is 9.53 Å². The summed E-state index contributed by atoms with van der Waals surface area (Å²) in [5, 5.41) is 15.3. The van der Waals surface area contributed by atoms with Crippen molar-refractivity contribution in [1.82, 2.24) is 0 Å². The van der Waals surface area contributed by atoms with Crippen LogP contribution in [-0.4, -0.2) is 24.7 Å². The van der Waals surface area contributed by atoms with Crippen molar-refractivity contribution in [2.45, 2.75) is 44.8 Å². The number of fused-ring (bicyclic) bond motifs is 2. The normalized spacial score (nSPS) is 25.7. The summed E-state index contributed by atoms with van der Waals surface area (Å²) in [5.74, 6) is -0.0645. The number of nitrogens with one attached hydrogen (secondary N) is 2. The Hall–Kier alpha value is -2.06. The molecule has 2 aliphatic rings. The summed E-state index contributed by atoms with van der Waals surface area (Å²) >= 11 is 0. The molecule has 2 heterocycles. The molecule has 1 aromatic rings.